The molecule has 0 spiro atoms. The smallest absolute Gasteiger partial charge is 1.00 e. The third-order valence-corrected chi connectivity index (χ3v) is 2.07. The van der Waals surface area contributed by atoms with Crippen LogP contribution in [0.3, 0.4) is 0 Å². The van der Waals surface area contributed by atoms with E-state index in [2.05, 4.69) is 0 Å². The van der Waals surface area contributed by atoms with Crippen LogP contribution in [0, 0.1) is 0 Å². The van der Waals surface area contributed by atoms with Crippen molar-refractivity contribution in [1.29, 1.82) is 0 Å². The van der Waals surface area contributed by atoms with E-state index in [4.69, 9.17) is 22.7 Å². The van der Waals surface area contributed by atoms with Crippen LogP contribution in [0.1, 0.15) is 1.43 Å². The Balaban J connectivity index is -0.000000845. The Hall–Kier alpha value is 1.33. The second kappa shape index (κ2) is 15.3. The molecule has 7 heteroatoms. The summed E-state index contributed by atoms with van der Waals surface area (Å²) < 4.78 is 25.5. The number of hydrogen-bond acceptors (Lipinski definition) is 5. The molecule has 0 fully saturated rings. The second-order valence-corrected chi connectivity index (χ2v) is 3.07. The normalized spacial score (nSPS) is 12.1. The van der Waals surface area contributed by atoms with Gasteiger partial charge in [0.05, 0.1) is 33.0 Å². The van der Waals surface area contributed by atoms with E-state index >= 15 is 0 Å². The number of ether oxygens (including phenoxy) is 4. The summed E-state index contributed by atoms with van der Waals surface area (Å²) in [6.07, 6.45) is -0.270. The van der Waals surface area contributed by atoms with E-state index in [9.17, 15) is 0 Å². The third-order valence-electron chi connectivity index (χ3n) is 1.54. The Morgan fingerprint density at radius 2 is 1.67 bits per heavy atom. The van der Waals surface area contributed by atoms with Crippen LogP contribution in [0.25, 0.3) is 0 Å². The largest absolute Gasteiger partial charge is 1.00 e. The van der Waals surface area contributed by atoms with E-state index in [1.54, 1.807) is 14.2 Å². The average Bonchev–Trinajstić information content (AvgIpc) is 2.22. The molecule has 0 aromatic carbocycles. The van der Waals surface area contributed by atoms with Crippen LogP contribution in [0.15, 0.2) is 0 Å². The van der Waals surface area contributed by atoms with Crippen molar-refractivity contribution in [1.82, 2.24) is 0 Å². The maximum absolute atomic E-state index is 5.33. The zero-order chi connectivity index (χ0) is 10.6. The summed E-state index contributed by atoms with van der Waals surface area (Å²) in [7, 11) is 3.27. The summed E-state index contributed by atoms with van der Waals surface area (Å²) >= 11 is 0.633. The topological polar surface area (TPSA) is 46.2 Å². The van der Waals surface area contributed by atoms with Gasteiger partial charge in [0, 0.05) is 14.2 Å². The summed E-state index contributed by atoms with van der Waals surface area (Å²) in [5, 5.41) is 0. The van der Waals surface area contributed by atoms with Gasteiger partial charge in [-0.05, 0) is 0 Å². The molecular formula is C8H20AlNaO5. The van der Waals surface area contributed by atoms with Gasteiger partial charge in [0.15, 0.2) is 6.29 Å². The minimum Gasteiger partial charge on any atom is -1.00 e. The van der Waals surface area contributed by atoms with E-state index in [1.165, 1.54) is 0 Å². The standard InChI is InChI=1S/C8H17O5.Al.Na.3H/c1-10-3-5-12-7-8(9)13-6-4-11-2;;;;;/h8H,3-7H2,1-2H3;;;;;/q-1;2*+1;;;-1. The van der Waals surface area contributed by atoms with Crippen molar-refractivity contribution in [3.63, 3.8) is 0 Å². The molecule has 15 heavy (non-hydrogen) atoms. The van der Waals surface area contributed by atoms with Gasteiger partial charge in [-0.3, -0.25) is 0 Å². The van der Waals surface area contributed by atoms with E-state index in [0.717, 1.165) is 0 Å². The van der Waals surface area contributed by atoms with Crippen molar-refractivity contribution in [2.24, 2.45) is 0 Å². The van der Waals surface area contributed by atoms with Gasteiger partial charge in [-0.15, -0.1) is 0 Å². The van der Waals surface area contributed by atoms with Crippen molar-refractivity contribution in [3.8, 4) is 0 Å². The Morgan fingerprint density at radius 1 is 1.07 bits per heavy atom. The Bertz CT molecular complexity index is 125. The van der Waals surface area contributed by atoms with Gasteiger partial charge >= 0.3 is 46.2 Å². The van der Waals surface area contributed by atoms with Crippen LogP contribution in [-0.4, -0.2) is 70.2 Å². The summed E-state index contributed by atoms with van der Waals surface area (Å²) in [6, 6.07) is 0. The molecule has 0 rings (SSSR count). The molecule has 86 valence electrons. The first-order valence-corrected chi connectivity index (χ1v) is 5.36. The molecule has 0 aliphatic heterocycles. The van der Waals surface area contributed by atoms with Gasteiger partial charge in [-0.1, -0.05) is 0 Å². The Morgan fingerprint density at radius 3 is 2.20 bits per heavy atom. The van der Waals surface area contributed by atoms with Gasteiger partial charge in [0.1, 0.15) is 0 Å². The van der Waals surface area contributed by atoms with Crippen molar-refractivity contribution in [2.45, 2.75) is 6.29 Å². The maximum atomic E-state index is 5.33. The molecule has 0 saturated carbocycles. The van der Waals surface area contributed by atoms with Crippen LogP contribution < -0.4 is 29.6 Å². The van der Waals surface area contributed by atoms with Gasteiger partial charge < -0.3 is 24.2 Å². The molecule has 0 aromatic rings. The van der Waals surface area contributed by atoms with Crippen molar-refractivity contribution >= 4 is 16.6 Å². The van der Waals surface area contributed by atoms with Crippen LogP contribution >= 0.6 is 0 Å². The van der Waals surface area contributed by atoms with Crippen LogP contribution in [-0.2, 0) is 22.7 Å². The molecule has 5 nitrogen and oxygen atoms in total. The fraction of sp³-hybridized carbons (Fsp3) is 1.00. The average molecular weight is 246 g/mol. The Kier molecular flexibility index (Phi) is 19.1. The molecule has 0 aliphatic rings. The van der Waals surface area contributed by atoms with Gasteiger partial charge in [-0.25, -0.2) is 0 Å². The van der Waals surface area contributed by atoms with Crippen LogP contribution in [0.4, 0.5) is 0 Å². The first kappa shape index (κ1) is 18.7. The van der Waals surface area contributed by atoms with Crippen LogP contribution in [0.5, 0.6) is 0 Å². The zero-order valence-corrected chi connectivity index (χ0v) is 14.2. The molecule has 0 aromatic heterocycles. The predicted octanol–water partition coefficient (Wildman–Crippen LogP) is -3.68. The molecule has 0 radical (unpaired) electrons. The van der Waals surface area contributed by atoms with Crippen molar-refractivity contribution in [2.75, 3.05) is 47.3 Å². The zero-order valence-electron chi connectivity index (χ0n) is 11.2. The van der Waals surface area contributed by atoms with E-state index in [1.807, 2.05) is 0 Å². The predicted molar refractivity (Wildman–Crippen MR) is 55.1 cm³/mol. The molecule has 0 amide bonds. The minimum atomic E-state index is -0.270. The molecule has 0 saturated heterocycles. The summed E-state index contributed by atoms with van der Waals surface area (Å²) in [5.41, 5.74) is 0. The number of methoxy groups -OCH3 is 2. The monoisotopic (exact) mass is 246 g/mol. The maximum Gasteiger partial charge on any atom is 1.00 e. The van der Waals surface area contributed by atoms with E-state index in [-0.39, 0.29) is 37.3 Å². The fourth-order valence-electron chi connectivity index (χ4n) is 0.769. The van der Waals surface area contributed by atoms with Gasteiger partial charge in [0.25, 0.3) is 0 Å². The second-order valence-electron chi connectivity index (χ2n) is 2.60. The molecule has 0 bridgehead atoms. The Labute approximate surface area is 123 Å². The van der Waals surface area contributed by atoms with Gasteiger partial charge in [-0.2, -0.15) is 0 Å². The quantitative estimate of drug-likeness (QED) is 0.226. The minimum absolute atomic E-state index is 0. The SMILES string of the molecule is COCCOCC([O][AlH2])OCCOC.[H-].[Na+]. The molecular weight excluding hydrogens is 226 g/mol. The van der Waals surface area contributed by atoms with E-state index in [0.29, 0.717) is 49.7 Å². The first-order valence-electron chi connectivity index (χ1n) is 4.55. The molecule has 0 heterocycles. The van der Waals surface area contributed by atoms with Crippen LogP contribution in [0.2, 0.25) is 0 Å². The summed E-state index contributed by atoms with van der Waals surface area (Å²) in [4.78, 5) is 0. The van der Waals surface area contributed by atoms with Crippen molar-refractivity contribution in [3.05, 3.63) is 0 Å². The molecule has 1 unspecified atom stereocenters. The van der Waals surface area contributed by atoms with Gasteiger partial charge in [0.2, 0.25) is 0 Å². The molecule has 0 N–H and O–H groups in total. The van der Waals surface area contributed by atoms with E-state index < -0.39 is 0 Å². The van der Waals surface area contributed by atoms with Crippen molar-refractivity contribution < 1.29 is 53.7 Å². The number of hydrogen-bond donors (Lipinski definition) is 0. The summed E-state index contributed by atoms with van der Waals surface area (Å²) in [6.45, 7) is 2.69. The third kappa shape index (κ3) is 13.3. The molecule has 1 atom stereocenters. The summed E-state index contributed by atoms with van der Waals surface area (Å²) in [5.74, 6) is 0. The fourth-order valence-corrected chi connectivity index (χ4v) is 1.04. The number of rotatable bonds is 10. The molecule has 0 aliphatic carbocycles. The first-order chi connectivity index (χ1) is 6.85.